The standard InChI is InChI=1S/C26H30N4O3/c1-18-8-10-20(11-9-18)30-24(31)13-12-22(25(30)21-6-4-5-7-23(21)33-3)26(32)28-19(2)16-29-15-14-27-17-29/h4-11,14-15,17,19,22,25H,12-13,16H2,1-3H3,(H,28,32). The highest BCUT2D eigenvalue weighted by Gasteiger charge is 2.42. The molecule has 0 spiro atoms. The molecule has 3 unspecified atom stereocenters. The van der Waals surface area contributed by atoms with Crippen LogP contribution >= 0.6 is 0 Å². The van der Waals surface area contributed by atoms with Gasteiger partial charge in [-0.25, -0.2) is 4.98 Å². The predicted octanol–water partition coefficient (Wildman–Crippen LogP) is 3.89. The molecule has 33 heavy (non-hydrogen) atoms. The van der Waals surface area contributed by atoms with Gasteiger partial charge in [-0.3, -0.25) is 9.59 Å². The van der Waals surface area contributed by atoms with Crippen LogP contribution in [0.4, 0.5) is 5.69 Å². The number of methoxy groups -OCH3 is 1. The molecule has 1 aliphatic heterocycles. The van der Waals surface area contributed by atoms with Gasteiger partial charge < -0.3 is 19.5 Å². The van der Waals surface area contributed by atoms with Crippen molar-refractivity contribution < 1.29 is 14.3 Å². The van der Waals surface area contributed by atoms with Crippen molar-refractivity contribution in [3.05, 3.63) is 78.4 Å². The van der Waals surface area contributed by atoms with Crippen molar-refractivity contribution in [1.82, 2.24) is 14.9 Å². The molecule has 2 heterocycles. The molecule has 1 aliphatic rings. The van der Waals surface area contributed by atoms with Gasteiger partial charge in [-0.05, 0) is 38.5 Å². The molecule has 172 valence electrons. The molecule has 1 aromatic heterocycles. The monoisotopic (exact) mass is 446 g/mol. The van der Waals surface area contributed by atoms with Crippen LogP contribution in [0.5, 0.6) is 5.75 Å². The summed E-state index contributed by atoms with van der Waals surface area (Å²) in [5, 5.41) is 3.15. The van der Waals surface area contributed by atoms with Crippen LogP contribution in [0, 0.1) is 12.8 Å². The Hall–Kier alpha value is -3.61. The fourth-order valence-electron chi connectivity index (χ4n) is 4.55. The predicted molar refractivity (Wildman–Crippen MR) is 127 cm³/mol. The van der Waals surface area contributed by atoms with Crippen LogP contribution < -0.4 is 15.0 Å². The second-order valence-corrected chi connectivity index (χ2v) is 8.60. The zero-order valence-electron chi connectivity index (χ0n) is 19.3. The molecule has 3 aromatic rings. The Morgan fingerprint density at radius 3 is 2.67 bits per heavy atom. The van der Waals surface area contributed by atoms with Crippen molar-refractivity contribution in [3.8, 4) is 5.75 Å². The first-order valence-electron chi connectivity index (χ1n) is 11.3. The molecule has 0 bridgehead atoms. The van der Waals surface area contributed by atoms with E-state index in [0.29, 0.717) is 25.1 Å². The molecular formula is C26H30N4O3. The average Bonchev–Trinajstić information content (AvgIpc) is 3.32. The molecule has 1 N–H and O–H groups in total. The number of ether oxygens (including phenoxy) is 1. The van der Waals surface area contributed by atoms with Crippen LogP contribution in [0.15, 0.2) is 67.3 Å². The van der Waals surface area contributed by atoms with Gasteiger partial charge in [-0.2, -0.15) is 0 Å². The summed E-state index contributed by atoms with van der Waals surface area (Å²) in [6.07, 6.45) is 6.12. The zero-order valence-corrected chi connectivity index (χ0v) is 19.3. The maximum Gasteiger partial charge on any atom is 0.227 e. The van der Waals surface area contributed by atoms with Crippen molar-refractivity contribution in [2.24, 2.45) is 5.92 Å². The van der Waals surface area contributed by atoms with Crippen LogP contribution in [0.25, 0.3) is 0 Å². The number of amides is 2. The van der Waals surface area contributed by atoms with E-state index in [2.05, 4.69) is 10.3 Å². The number of piperidine rings is 1. The fraction of sp³-hybridized carbons (Fsp3) is 0.346. The maximum absolute atomic E-state index is 13.5. The van der Waals surface area contributed by atoms with Crippen molar-refractivity contribution >= 4 is 17.5 Å². The van der Waals surface area contributed by atoms with Crippen LogP contribution in [0.3, 0.4) is 0 Å². The SMILES string of the molecule is COc1ccccc1C1C(C(=O)NC(C)Cn2ccnc2)CCC(=O)N1c1ccc(C)cc1. The number of carbonyl (C=O) groups excluding carboxylic acids is 2. The quantitative estimate of drug-likeness (QED) is 0.597. The Balaban J connectivity index is 1.69. The molecule has 0 saturated carbocycles. The van der Waals surface area contributed by atoms with Crippen LogP contribution in [-0.4, -0.2) is 34.5 Å². The van der Waals surface area contributed by atoms with Crippen molar-refractivity contribution in [1.29, 1.82) is 0 Å². The number of benzene rings is 2. The van der Waals surface area contributed by atoms with E-state index in [1.54, 1.807) is 24.5 Å². The van der Waals surface area contributed by atoms with E-state index >= 15 is 0 Å². The highest BCUT2D eigenvalue weighted by atomic mass is 16.5. The molecule has 0 radical (unpaired) electrons. The summed E-state index contributed by atoms with van der Waals surface area (Å²) in [4.78, 5) is 32.6. The van der Waals surface area contributed by atoms with E-state index in [0.717, 1.165) is 16.8 Å². The van der Waals surface area contributed by atoms with E-state index in [-0.39, 0.29) is 17.9 Å². The van der Waals surface area contributed by atoms with E-state index in [9.17, 15) is 9.59 Å². The highest BCUT2D eigenvalue weighted by molar-refractivity contribution is 5.97. The van der Waals surface area contributed by atoms with Gasteiger partial charge in [0, 0.05) is 42.7 Å². The largest absolute Gasteiger partial charge is 0.496 e. The number of rotatable bonds is 7. The second-order valence-electron chi connectivity index (χ2n) is 8.60. The van der Waals surface area contributed by atoms with Crippen molar-refractivity contribution in [3.63, 3.8) is 0 Å². The number of anilines is 1. The smallest absolute Gasteiger partial charge is 0.227 e. The van der Waals surface area contributed by atoms with Gasteiger partial charge in [0.1, 0.15) is 5.75 Å². The Morgan fingerprint density at radius 1 is 1.21 bits per heavy atom. The number of aryl methyl sites for hydroxylation is 1. The Bertz CT molecular complexity index is 1090. The molecule has 3 atom stereocenters. The summed E-state index contributed by atoms with van der Waals surface area (Å²) < 4.78 is 7.57. The summed E-state index contributed by atoms with van der Waals surface area (Å²) in [7, 11) is 1.61. The van der Waals surface area contributed by atoms with Gasteiger partial charge >= 0.3 is 0 Å². The van der Waals surface area contributed by atoms with Gasteiger partial charge in [0.05, 0.1) is 25.4 Å². The molecule has 0 aliphatic carbocycles. The van der Waals surface area contributed by atoms with Crippen LogP contribution in [0.1, 0.15) is 36.9 Å². The van der Waals surface area contributed by atoms with Gasteiger partial charge in [-0.15, -0.1) is 0 Å². The van der Waals surface area contributed by atoms with Crippen molar-refractivity contribution in [2.75, 3.05) is 12.0 Å². The molecule has 4 rings (SSSR count). The molecule has 2 aromatic carbocycles. The minimum Gasteiger partial charge on any atom is -0.496 e. The molecule has 7 nitrogen and oxygen atoms in total. The van der Waals surface area contributed by atoms with Crippen LogP contribution in [-0.2, 0) is 16.1 Å². The van der Waals surface area contributed by atoms with E-state index < -0.39 is 12.0 Å². The first-order valence-corrected chi connectivity index (χ1v) is 11.3. The number of aromatic nitrogens is 2. The third-order valence-electron chi connectivity index (χ3n) is 6.14. The molecule has 7 heteroatoms. The topological polar surface area (TPSA) is 76.5 Å². The van der Waals surface area contributed by atoms with Gasteiger partial charge in [0.25, 0.3) is 0 Å². The molecule has 1 fully saturated rings. The fourth-order valence-corrected chi connectivity index (χ4v) is 4.55. The average molecular weight is 447 g/mol. The third kappa shape index (κ3) is 4.92. The second kappa shape index (κ2) is 9.90. The van der Waals surface area contributed by atoms with Gasteiger partial charge in [0.2, 0.25) is 11.8 Å². The lowest BCUT2D eigenvalue weighted by Crippen LogP contribution is -2.50. The lowest BCUT2D eigenvalue weighted by atomic mass is 9.82. The number of nitrogens with one attached hydrogen (secondary N) is 1. The van der Waals surface area contributed by atoms with E-state index in [1.165, 1.54) is 0 Å². The molecular weight excluding hydrogens is 416 g/mol. The number of hydrogen-bond acceptors (Lipinski definition) is 4. The third-order valence-corrected chi connectivity index (χ3v) is 6.14. The Labute approximate surface area is 194 Å². The maximum atomic E-state index is 13.5. The first-order chi connectivity index (χ1) is 16.0. The zero-order chi connectivity index (χ0) is 23.4. The summed E-state index contributed by atoms with van der Waals surface area (Å²) in [5.74, 6) is 0.192. The van der Waals surface area contributed by atoms with E-state index in [4.69, 9.17) is 4.74 Å². The highest BCUT2D eigenvalue weighted by Crippen LogP contribution is 2.43. The van der Waals surface area contributed by atoms with E-state index in [1.807, 2.05) is 73.1 Å². The Morgan fingerprint density at radius 2 is 1.97 bits per heavy atom. The molecule has 2 amide bonds. The summed E-state index contributed by atoms with van der Waals surface area (Å²) >= 11 is 0. The summed E-state index contributed by atoms with van der Waals surface area (Å²) in [6.45, 7) is 4.61. The van der Waals surface area contributed by atoms with Gasteiger partial charge in [0.15, 0.2) is 0 Å². The van der Waals surface area contributed by atoms with Crippen molar-refractivity contribution in [2.45, 2.75) is 45.3 Å². The molecule has 1 saturated heterocycles. The normalized spacial score (nSPS) is 19.2. The summed E-state index contributed by atoms with van der Waals surface area (Å²) in [6, 6.07) is 14.9. The lowest BCUT2D eigenvalue weighted by molar-refractivity contribution is -0.129. The van der Waals surface area contributed by atoms with Gasteiger partial charge in [-0.1, -0.05) is 35.9 Å². The van der Waals surface area contributed by atoms with Crippen LogP contribution in [0.2, 0.25) is 0 Å². The minimum absolute atomic E-state index is 0.00488. The number of imidazole rings is 1. The number of carbonyl (C=O) groups is 2. The Kier molecular flexibility index (Phi) is 6.77. The number of hydrogen-bond donors (Lipinski definition) is 1. The summed E-state index contributed by atoms with van der Waals surface area (Å²) in [5.41, 5.74) is 2.72. The number of nitrogens with zero attached hydrogens (tertiary/aromatic N) is 3. The number of para-hydroxylation sites is 1. The first kappa shape index (κ1) is 22.6. The minimum atomic E-state index is -0.467. The lowest BCUT2D eigenvalue weighted by Gasteiger charge is -2.41.